The molecule has 0 aliphatic rings. The second kappa shape index (κ2) is 52.7. The van der Waals surface area contributed by atoms with Gasteiger partial charge in [-0.05, 0) is 83.5 Å². The highest BCUT2D eigenvalue weighted by Crippen LogP contribution is 2.16. The van der Waals surface area contributed by atoms with E-state index in [4.69, 9.17) is 14.2 Å². The van der Waals surface area contributed by atoms with Gasteiger partial charge < -0.3 is 14.2 Å². The summed E-state index contributed by atoms with van der Waals surface area (Å²) in [4.78, 5) is 38.0. The topological polar surface area (TPSA) is 78.9 Å². The second-order valence-electron chi connectivity index (χ2n) is 18.1. The molecule has 0 fully saturated rings. The Bertz CT molecular complexity index is 1170. The summed E-state index contributed by atoms with van der Waals surface area (Å²) < 4.78 is 16.8. The monoisotopic (exact) mass is 895 g/mol. The van der Waals surface area contributed by atoms with E-state index in [1.54, 1.807) is 0 Å². The van der Waals surface area contributed by atoms with E-state index in [-0.39, 0.29) is 31.1 Å². The fourth-order valence-electron chi connectivity index (χ4n) is 7.66. The maximum Gasteiger partial charge on any atom is 0.306 e. The molecule has 0 spiro atoms. The maximum atomic E-state index is 12.8. The Morgan fingerprint density at radius 2 is 0.609 bits per heavy atom. The Morgan fingerprint density at radius 1 is 0.328 bits per heavy atom. The van der Waals surface area contributed by atoms with Gasteiger partial charge in [-0.1, -0.05) is 229 Å². The van der Waals surface area contributed by atoms with Crippen LogP contribution in [-0.2, 0) is 28.6 Å². The van der Waals surface area contributed by atoms with Crippen LogP contribution in [-0.4, -0.2) is 37.2 Å². The van der Waals surface area contributed by atoms with Crippen LogP contribution in [0.2, 0.25) is 0 Å². The van der Waals surface area contributed by atoms with Crippen molar-refractivity contribution >= 4 is 17.9 Å². The van der Waals surface area contributed by atoms with Gasteiger partial charge in [0.15, 0.2) is 6.10 Å². The van der Waals surface area contributed by atoms with Gasteiger partial charge >= 0.3 is 17.9 Å². The first kappa shape index (κ1) is 61.1. The van der Waals surface area contributed by atoms with Crippen LogP contribution in [0.25, 0.3) is 0 Å². The van der Waals surface area contributed by atoms with E-state index in [9.17, 15) is 14.4 Å². The lowest BCUT2D eigenvalue weighted by molar-refractivity contribution is -0.167. The molecule has 6 heteroatoms. The minimum Gasteiger partial charge on any atom is -0.462 e. The molecular formula is C58H102O6. The van der Waals surface area contributed by atoms with Crippen molar-refractivity contribution in [3.05, 3.63) is 60.8 Å². The van der Waals surface area contributed by atoms with Crippen LogP contribution in [0, 0.1) is 0 Å². The fourth-order valence-corrected chi connectivity index (χ4v) is 7.66. The van der Waals surface area contributed by atoms with Crippen molar-refractivity contribution in [2.75, 3.05) is 13.2 Å². The first-order valence-corrected chi connectivity index (χ1v) is 27.3. The van der Waals surface area contributed by atoms with E-state index in [1.165, 1.54) is 128 Å². The predicted octanol–water partition coefficient (Wildman–Crippen LogP) is 18.0. The maximum absolute atomic E-state index is 12.8. The highest BCUT2D eigenvalue weighted by molar-refractivity contribution is 5.71. The fraction of sp³-hybridized carbons (Fsp3) is 0.776. The molecule has 0 saturated carbocycles. The Labute approximate surface area is 396 Å². The van der Waals surface area contributed by atoms with Crippen LogP contribution in [0.15, 0.2) is 60.8 Å². The number of hydrogen-bond acceptors (Lipinski definition) is 6. The van der Waals surface area contributed by atoms with Crippen LogP contribution >= 0.6 is 0 Å². The molecule has 64 heavy (non-hydrogen) atoms. The van der Waals surface area contributed by atoms with Crippen LogP contribution in [0.1, 0.15) is 271 Å². The van der Waals surface area contributed by atoms with Crippen molar-refractivity contribution < 1.29 is 28.6 Å². The zero-order chi connectivity index (χ0) is 46.5. The number of ether oxygens (including phenoxy) is 3. The summed E-state index contributed by atoms with van der Waals surface area (Å²) in [7, 11) is 0. The van der Waals surface area contributed by atoms with Gasteiger partial charge in [0.2, 0.25) is 0 Å². The normalized spacial score (nSPS) is 12.5. The lowest BCUT2D eigenvalue weighted by atomic mass is 10.0. The van der Waals surface area contributed by atoms with Gasteiger partial charge in [0.1, 0.15) is 13.2 Å². The zero-order valence-corrected chi connectivity index (χ0v) is 42.3. The van der Waals surface area contributed by atoms with Gasteiger partial charge in [0, 0.05) is 19.3 Å². The third-order valence-electron chi connectivity index (χ3n) is 11.8. The van der Waals surface area contributed by atoms with E-state index < -0.39 is 6.10 Å². The van der Waals surface area contributed by atoms with Crippen molar-refractivity contribution in [3.63, 3.8) is 0 Å². The Balaban J connectivity index is 4.41. The molecule has 1 atom stereocenters. The van der Waals surface area contributed by atoms with Gasteiger partial charge in [0.05, 0.1) is 0 Å². The minimum atomic E-state index is -0.785. The van der Waals surface area contributed by atoms with Crippen molar-refractivity contribution in [2.24, 2.45) is 0 Å². The molecule has 1 unspecified atom stereocenters. The summed E-state index contributed by atoms with van der Waals surface area (Å²) in [5.74, 6) is -0.907. The van der Waals surface area contributed by atoms with Gasteiger partial charge in [-0.15, -0.1) is 0 Å². The molecule has 0 bridgehead atoms. The van der Waals surface area contributed by atoms with Gasteiger partial charge in [-0.2, -0.15) is 0 Å². The van der Waals surface area contributed by atoms with Gasteiger partial charge in [-0.25, -0.2) is 0 Å². The van der Waals surface area contributed by atoms with Crippen molar-refractivity contribution in [1.29, 1.82) is 0 Å². The summed E-state index contributed by atoms with van der Waals surface area (Å²) in [6, 6.07) is 0. The zero-order valence-electron chi connectivity index (χ0n) is 42.3. The predicted molar refractivity (Wildman–Crippen MR) is 275 cm³/mol. The standard InChI is InChI=1S/C58H102O6/c1-4-7-10-13-16-19-22-25-27-29-31-33-36-39-42-45-48-51-57(60)63-54-55(53-62-56(59)50-47-44-41-38-35-32-24-21-18-15-12-9-6-3)64-58(61)52-49-46-43-40-37-34-30-28-26-23-20-17-14-11-8-5-2/h7,10,16,19,21,24-25,27,31,33,55H,4-6,8-9,11-15,17-18,20,22-23,26,28-30,32,34-54H2,1-3H3/b10-7-,19-16-,24-21-,27-25-,33-31-. The Morgan fingerprint density at radius 3 is 0.984 bits per heavy atom. The van der Waals surface area contributed by atoms with Crippen LogP contribution < -0.4 is 0 Å². The molecule has 0 N–H and O–H groups in total. The van der Waals surface area contributed by atoms with Crippen molar-refractivity contribution in [3.8, 4) is 0 Å². The van der Waals surface area contributed by atoms with Gasteiger partial charge in [-0.3, -0.25) is 14.4 Å². The molecule has 0 rings (SSSR count). The Kier molecular flexibility index (Phi) is 50.4. The smallest absolute Gasteiger partial charge is 0.306 e. The summed E-state index contributed by atoms with van der Waals surface area (Å²) in [5, 5.41) is 0. The highest BCUT2D eigenvalue weighted by Gasteiger charge is 2.19. The second-order valence-corrected chi connectivity index (χ2v) is 18.1. The van der Waals surface area contributed by atoms with E-state index >= 15 is 0 Å². The van der Waals surface area contributed by atoms with E-state index in [0.29, 0.717) is 19.3 Å². The summed E-state index contributed by atoms with van der Waals surface area (Å²) in [5.41, 5.74) is 0. The first-order chi connectivity index (χ1) is 31.5. The van der Waals surface area contributed by atoms with E-state index in [0.717, 1.165) is 103 Å². The molecule has 0 aromatic carbocycles. The number of rotatable bonds is 49. The molecule has 0 saturated heterocycles. The van der Waals surface area contributed by atoms with Crippen molar-refractivity contribution in [2.45, 2.75) is 277 Å². The number of allylic oxidation sites excluding steroid dienone is 10. The SMILES string of the molecule is CC/C=C\C/C=C\C/C=C\C/C=C\CCCCCCC(=O)OCC(COC(=O)CCCCCCC/C=C\CCCCCC)OC(=O)CCCCCCCCCCCCCCCCCC. The minimum absolute atomic E-state index is 0.0844. The molecule has 370 valence electrons. The van der Waals surface area contributed by atoms with Crippen molar-refractivity contribution in [1.82, 2.24) is 0 Å². The van der Waals surface area contributed by atoms with Crippen LogP contribution in [0.3, 0.4) is 0 Å². The van der Waals surface area contributed by atoms with E-state index in [2.05, 4.69) is 81.5 Å². The third kappa shape index (κ3) is 50.1. The number of hydrogen-bond donors (Lipinski definition) is 0. The first-order valence-electron chi connectivity index (χ1n) is 27.3. The molecule has 0 amide bonds. The summed E-state index contributed by atoms with van der Waals surface area (Å²) in [6.07, 6.45) is 64.9. The molecule has 0 aromatic rings. The average molecular weight is 895 g/mol. The molecule has 0 aliphatic carbocycles. The number of carbonyl (C=O) groups is 3. The van der Waals surface area contributed by atoms with Crippen LogP contribution in [0.4, 0.5) is 0 Å². The average Bonchev–Trinajstić information content (AvgIpc) is 3.29. The molecule has 0 aliphatic heterocycles. The number of esters is 3. The highest BCUT2D eigenvalue weighted by atomic mass is 16.6. The Hall–Kier alpha value is -2.89. The molecule has 0 radical (unpaired) electrons. The largest absolute Gasteiger partial charge is 0.462 e. The lowest BCUT2D eigenvalue weighted by Gasteiger charge is -2.18. The number of unbranched alkanes of at least 4 members (excludes halogenated alkanes) is 28. The molecule has 0 aromatic heterocycles. The van der Waals surface area contributed by atoms with Gasteiger partial charge in [0.25, 0.3) is 0 Å². The summed E-state index contributed by atoms with van der Waals surface area (Å²) >= 11 is 0. The van der Waals surface area contributed by atoms with Crippen LogP contribution in [0.5, 0.6) is 0 Å². The number of carbonyl (C=O) groups excluding carboxylic acids is 3. The molecule has 6 nitrogen and oxygen atoms in total. The lowest BCUT2D eigenvalue weighted by Crippen LogP contribution is -2.30. The summed E-state index contributed by atoms with van der Waals surface area (Å²) in [6.45, 7) is 6.50. The molecular weight excluding hydrogens is 793 g/mol. The van der Waals surface area contributed by atoms with E-state index in [1.807, 2.05) is 0 Å². The third-order valence-corrected chi connectivity index (χ3v) is 11.8. The quantitative estimate of drug-likeness (QED) is 0.0262. The molecule has 0 heterocycles.